The van der Waals surface area contributed by atoms with Crippen LogP contribution in [0.3, 0.4) is 0 Å². The summed E-state index contributed by atoms with van der Waals surface area (Å²) in [5, 5.41) is 4.58. The van der Waals surface area contributed by atoms with E-state index in [9.17, 15) is 0 Å². The Labute approximate surface area is 106 Å². The summed E-state index contributed by atoms with van der Waals surface area (Å²) in [4.78, 5) is 0. The Balaban J connectivity index is 2.12. The Kier molecular flexibility index (Phi) is 2.97. The second kappa shape index (κ2) is 4.63. The summed E-state index contributed by atoms with van der Waals surface area (Å²) >= 11 is 0. The third kappa shape index (κ3) is 1.78. The van der Waals surface area contributed by atoms with Crippen molar-refractivity contribution in [1.29, 1.82) is 0 Å². The molecule has 0 bridgehead atoms. The maximum absolute atomic E-state index is 5.84. The van der Waals surface area contributed by atoms with E-state index in [0.717, 1.165) is 31.0 Å². The average molecular weight is 246 g/mol. The number of morpholine rings is 1. The molecule has 1 aliphatic heterocycles. The molecular formula is C14H18N2O2. The fraction of sp³-hybridized carbons (Fsp3) is 0.429. The molecule has 1 fully saturated rings. The molecule has 3 rings (SSSR count). The zero-order chi connectivity index (χ0) is 12.5. The molecule has 18 heavy (non-hydrogen) atoms. The molecule has 1 unspecified atom stereocenters. The molecule has 0 radical (unpaired) electrons. The number of rotatable bonds is 2. The van der Waals surface area contributed by atoms with Crippen molar-refractivity contribution >= 4 is 10.9 Å². The highest BCUT2D eigenvalue weighted by atomic mass is 16.5. The molecule has 1 aliphatic rings. The lowest BCUT2D eigenvalue weighted by atomic mass is 10.1. The number of aryl methyl sites for hydroxylation is 1. The predicted octanol–water partition coefficient (Wildman–Crippen LogP) is 1.85. The minimum absolute atomic E-state index is 0.134. The number of benzene rings is 1. The van der Waals surface area contributed by atoms with Crippen LogP contribution in [0.1, 0.15) is 11.7 Å². The van der Waals surface area contributed by atoms with Gasteiger partial charge in [-0.1, -0.05) is 12.1 Å². The van der Waals surface area contributed by atoms with E-state index in [1.807, 2.05) is 19.2 Å². The Morgan fingerprint density at radius 1 is 1.44 bits per heavy atom. The Hall–Kier alpha value is -1.52. The molecule has 2 aromatic rings. The van der Waals surface area contributed by atoms with E-state index in [4.69, 9.17) is 9.47 Å². The van der Waals surface area contributed by atoms with E-state index >= 15 is 0 Å². The molecule has 0 saturated carbocycles. The first kappa shape index (κ1) is 11.6. The largest absolute Gasteiger partial charge is 0.495 e. The number of hydrogen-bond acceptors (Lipinski definition) is 3. The lowest BCUT2D eigenvalue weighted by Crippen LogP contribution is -2.33. The molecule has 2 heterocycles. The van der Waals surface area contributed by atoms with Crippen molar-refractivity contribution in [3.8, 4) is 5.75 Å². The van der Waals surface area contributed by atoms with Gasteiger partial charge in [0.15, 0.2) is 0 Å². The first-order valence-electron chi connectivity index (χ1n) is 6.25. The molecule has 4 heteroatoms. The molecule has 1 aromatic carbocycles. The van der Waals surface area contributed by atoms with Crippen LogP contribution in [0.15, 0.2) is 24.4 Å². The van der Waals surface area contributed by atoms with E-state index < -0.39 is 0 Å². The van der Waals surface area contributed by atoms with Gasteiger partial charge in [0.1, 0.15) is 5.75 Å². The van der Waals surface area contributed by atoms with Crippen LogP contribution in [0.5, 0.6) is 5.75 Å². The summed E-state index contributed by atoms with van der Waals surface area (Å²) < 4.78 is 13.4. The van der Waals surface area contributed by atoms with Crippen LogP contribution in [0.25, 0.3) is 10.9 Å². The minimum Gasteiger partial charge on any atom is -0.495 e. The van der Waals surface area contributed by atoms with Gasteiger partial charge < -0.3 is 19.4 Å². The third-order valence-electron chi connectivity index (χ3n) is 3.49. The van der Waals surface area contributed by atoms with Gasteiger partial charge in [0.25, 0.3) is 0 Å². The lowest BCUT2D eigenvalue weighted by Gasteiger charge is -2.23. The van der Waals surface area contributed by atoms with E-state index in [2.05, 4.69) is 22.1 Å². The minimum atomic E-state index is 0.134. The number of aromatic nitrogens is 1. The van der Waals surface area contributed by atoms with Gasteiger partial charge in [-0.05, 0) is 6.07 Å². The predicted molar refractivity (Wildman–Crippen MR) is 71.0 cm³/mol. The number of fused-ring (bicyclic) bond motifs is 1. The Bertz CT molecular complexity index is 556. The van der Waals surface area contributed by atoms with Crippen LogP contribution in [-0.2, 0) is 11.8 Å². The summed E-state index contributed by atoms with van der Waals surface area (Å²) in [7, 11) is 3.75. The van der Waals surface area contributed by atoms with Crippen LogP contribution in [-0.4, -0.2) is 31.4 Å². The summed E-state index contributed by atoms with van der Waals surface area (Å²) in [6.45, 7) is 2.58. The van der Waals surface area contributed by atoms with Crippen molar-refractivity contribution in [3.63, 3.8) is 0 Å². The van der Waals surface area contributed by atoms with Crippen molar-refractivity contribution in [2.24, 2.45) is 7.05 Å². The van der Waals surface area contributed by atoms with Gasteiger partial charge in [-0.25, -0.2) is 0 Å². The standard InChI is InChI=1S/C14H18N2O2/c1-16-9-11(13-8-15-6-7-18-13)10-4-3-5-12(17-2)14(10)16/h3-5,9,13,15H,6-8H2,1-2H3. The van der Waals surface area contributed by atoms with Crippen molar-refractivity contribution < 1.29 is 9.47 Å². The van der Waals surface area contributed by atoms with E-state index in [0.29, 0.717) is 0 Å². The van der Waals surface area contributed by atoms with Gasteiger partial charge >= 0.3 is 0 Å². The Morgan fingerprint density at radius 3 is 3.06 bits per heavy atom. The maximum Gasteiger partial charge on any atom is 0.143 e. The van der Waals surface area contributed by atoms with E-state index in [-0.39, 0.29) is 6.10 Å². The first-order chi connectivity index (χ1) is 8.81. The van der Waals surface area contributed by atoms with Crippen molar-refractivity contribution in [2.75, 3.05) is 26.8 Å². The van der Waals surface area contributed by atoms with Crippen LogP contribution in [0, 0.1) is 0 Å². The molecule has 96 valence electrons. The molecule has 0 spiro atoms. The molecule has 1 saturated heterocycles. The second-order valence-electron chi connectivity index (χ2n) is 4.62. The SMILES string of the molecule is COc1cccc2c(C3CNCCO3)cn(C)c12. The van der Waals surface area contributed by atoms with Gasteiger partial charge in [0, 0.05) is 37.3 Å². The van der Waals surface area contributed by atoms with Gasteiger partial charge in [0.2, 0.25) is 0 Å². The highest BCUT2D eigenvalue weighted by molar-refractivity contribution is 5.89. The van der Waals surface area contributed by atoms with Gasteiger partial charge in [0.05, 0.1) is 25.3 Å². The third-order valence-corrected chi connectivity index (χ3v) is 3.49. The maximum atomic E-state index is 5.84. The van der Waals surface area contributed by atoms with Crippen LogP contribution >= 0.6 is 0 Å². The van der Waals surface area contributed by atoms with Crippen LogP contribution in [0.2, 0.25) is 0 Å². The average Bonchev–Trinajstić information content (AvgIpc) is 2.77. The summed E-state index contributed by atoms with van der Waals surface area (Å²) in [6.07, 6.45) is 2.28. The monoisotopic (exact) mass is 246 g/mol. The topological polar surface area (TPSA) is 35.4 Å². The lowest BCUT2D eigenvalue weighted by molar-refractivity contribution is 0.0285. The zero-order valence-corrected chi connectivity index (χ0v) is 10.8. The molecule has 1 atom stereocenters. The molecule has 0 aliphatic carbocycles. The van der Waals surface area contributed by atoms with E-state index in [1.54, 1.807) is 7.11 Å². The number of ether oxygens (including phenoxy) is 2. The summed E-state index contributed by atoms with van der Waals surface area (Å²) in [5.41, 5.74) is 2.36. The molecule has 0 amide bonds. The number of hydrogen-bond donors (Lipinski definition) is 1. The molecule has 1 N–H and O–H groups in total. The van der Waals surface area contributed by atoms with Crippen molar-refractivity contribution in [3.05, 3.63) is 30.0 Å². The highest BCUT2D eigenvalue weighted by Crippen LogP contribution is 2.33. The fourth-order valence-corrected chi connectivity index (χ4v) is 2.65. The summed E-state index contributed by atoms with van der Waals surface area (Å²) in [5.74, 6) is 0.907. The van der Waals surface area contributed by atoms with Crippen LogP contribution < -0.4 is 10.1 Å². The normalized spacial score (nSPS) is 20.2. The van der Waals surface area contributed by atoms with Gasteiger partial charge in [-0.15, -0.1) is 0 Å². The Morgan fingerprint density at radius 2 is 2.33 bits per heavy atom. The van der Waals surface area contributed by atoms with Gasteiger partial charge in [-0.3, -0.25) is 0 Å². The van der Waals surface area contributed by atoms with E-state index in [1.165, 1.54) is 10.9 Å². The molecular weight excluding hydrogens is 228 g/mol. The zero-order valence-electron chi connectivity index (χ0n) is 10.8. The molecule has 4 nitrogen and oxygen atoms in total. The quantitative estimate of drug-likeness (QED) is 0.878. The van der Waals surface area contributed by atoms with Crippen molar-refractivity contribution in [1.82, 2.24) is 9.88 Å². The van der Waals surface area contributed by atoms with Crippen molar-refractivity contribution in [2.45, 2.75) is 6.10 Å². The number of nitrogens with one attached hydrogen (secondary N) is 1. The summed E-state index contributed by atoms with van der Waals surface area (Å²) in [6, 6.07) is 6.15. The number of nitrogens with zero attached hydrogens (tertiary/aromatic N) is 1. The van der Waals surface area contributed by atoms with Crippen LogP contribution in [0.4, 0.5) is 0 Å². The fourth-order valence-electron chi connectivity index (χ4n) is 2.65. The number of para-hydroxylation sites is 1. The molecule has 1 aromatic heterocycles. The number of methoxy groups -OCH3 is 1. The smallest absolute Gasteiger partial charge is 0.143 e. The second-order valence-corrected chi connectivity index (χ2v) is 4.62. The first-order valence-corrected chi connectivity index (χ1v) is 6.25. The van der Waals surface area contributed by atoms with Gasteiger partial charge in [-0.2, -0.15) is 0 Å². The highest BCUT2D eigenvalue weighted by Gasteiger charge is 2.21.